The predicted octanol–water partition coefficient (Wildman–Crippen LogP) is 3.16. The van der Waals surface area contributed by atoms with Crippen LogP contribution in [0.25, 0.3) is 22.3 Å². The van der Waals surface area contributed by atoms with E-state index in [9.17, 15) is 4.79 Å². The molecule has 0 amide bonds. The minimum Gasteiger partial charge on any atom is -0.383 e. The number of aromatic amines is 1. The minimum absolute atomic E-state index is 0.110. The smallest absolute Gasteiger partial charge is 0.258 e. The van der Waals surface area contributed by atoms with Crippen molar-refractivity contribution >= 4 is 5.82 Å². The molecule has 0 saturated carbocycles. The zero-order valence-electron chi connectivity index (χ0n) is 13.9. The number of nitrogens with one attached hydrogen (secondary N) is 1. The van der Waals surface area contributed by atoms with Gasteiger partial charge in [0.05, 0.1) is 11.9 Å². The highest BCUT2D eigenvalue weighted by Crippen LogP contribution is 2.21. The Bertz CT molecular complexity index is 1020. The normalized spacial score (nSPS) is 9.85. The molecule has 0 bridgehead atoms. The van der Waals surface area contributed by atoms with Crippen molar-refractivity contribution in [1.29, 1.82) is 0 Å². The second kappa shape index (κ2) is 8.34. The van der Waals surface area contributed by atoms with Gasteiger partial charge in [0.1, 0.15) is 12.1 Å². The summed E-state index contributed by atoms with van der Waals surface area (Å²) in [5.74, 6) is 0.515. The molecule has 0 aliphatic carbocycles. The quantitative estimate of drug-likeness (QED) is 0.582. The molecule has 0 radical (unpaired) electrons. The van der Waals surface area contributed by atoms with Gasteiger partial charge in [0.2, 0.25) is 0 Å². The van der Waals surface area contributed by atoms with Crippen LogP contribution in [0.4, 0.5) is 5.82 Å². The van der Waals surface area contributed by atoms with Gasteiger partial charge in [-0.05, 0) is 11.1 Å². The largest absolute Gasteiger partial charge is 0.383 e. The summed E-state index contributed by atoms with van der Waals surface area (Å²) in [6, 6.07) is 19.3. The lowest BCUT2D eigenvalue weighted by Crippen LogP contribution is -2.07. The van der Waals surface area contributed by atoms with Crippen molar-refractivity contribution in [2.24, 2.45) is 0 Å². The molecule has 2 aromatic carbocycles. The van der Waals surface area contributed by atoms with E-state index in [-0.39, 0.29) is 5.56 Å². The van der Waals surface area contributed by atoms with Gasteiger partial charge < -0.3 is 10.7 Å². The third kappa shape index (κ3) is 4.18. The molecule has 0 atom stereocenters. The van der Waals surface area contributed by atoms with Crippen LogP contribution in [0.1, 0.15) is 0 Å². The Morgan fingerprint density at radius 1 is 0.769 bits per heavy atom. The maximum atomic E-state index is 11.3. The number of hydrogen-bond donors (Lipinski definition) is 2. The highest BCUT2D eigenvalue weighted by atomic mass is 16.1. The maximum absolute atomic E-state index is 11.3. The molecule has 0 fully saturated rings. The Kier molecular flexibility index (Phi) is 5.47. The average molecular weight is 343 g/mol. The fourth-order valence-corrected chi connectivity index (χ4v) is 2.35. The molecule has 0 saturated heterocycles. The predicted molar refractivity (Wildman–Crippen MR) is 102 cm³/mol. The fraction of sp³-hybridized carbons (Fsp3) is 0. The molecule has 4 rings (SSSR count). The van der Waals surface area contributed by atoms with Crippen LogP contribution in [0.3, 0.4) is 0 Å². The van der Waals surface area contributed by atoms with Crippen molar-refractivity contribution in [2.75, 3.05) is 5.73 Å². The third-order valence-corrected chi connectivity index (χ3v) is 3.63. The molecule has 6 nitrogen and oxygen atoms in total. The number of H-pyrrole nitrogens is 1. The molecule has 0 unspecified atom stereocenters. The Hall–Kier alpha value is -3.80. The van der Waals surface area contributed by atoms with E-state index in [0.29, 0.717) is 11.4 Å². The van der Waals surface area contributed by atoms with Gasteiger partial charge in [0.25, 0.3) is 5.56 Å². The summed E-state index contributed by atoms with van der Waals surface area (Å²) >= 11 is 0. The van der Waals surface area contributed by atoms with Crippen LogP contribution in [0.15, 0.2) is 90.5 Å². The van der Waals surface area contributed by atoms with Crippen molar-refractivity contribution in [3.8, 4) is 22.3 Å². The first-order valence-electron chi connectivity index (χ1n) is 7.94. The molecule has 6 heteroatoms. The standard InChI is InChI=1S/C10H9N3.C10H8N2O/c11-10-9(6-12-7-13-10)8-4-2-1-3-5-8;13-10-9(6-11-7-12-10)8-4-2-1-3-5-8/h1-7H,(H2,11,12,13);1-7H,(H,11,12,13). The summed E-state index contributed by atoms with van der Waals surface area (Å²) < 4.78 is 0. The molecule has 4 aromatic rings. The Balaban J connectivity index is 0.000000151. The van der Waals surface area contributed by atoms with E-state index in [0.717, 1.165) is 16.7 Å². The topological polar surface area (TPSA) is 97.5 Å². The van der Waals surface area contributed by atoms with Gasteiger partial charge >= 0.3 is 0 Å². The van der Waals surface area contributed by atoms with Crippen LogP contribution >= 0.6 is 0 Å². The summed E-state index contributed by atoms with van der Waals surface area (Å²) in [5, 5.41) is 0. The van der Waals surface area contributed by atoms with Crippen LogP contribution in [-0.4, -0.2) is 19.9 Å². The van der Waals surface area contributed by atoms with Crippen molar-refractivity contribution < 1.29 is 0 Å². The van der Waals surface area contributed by atoms with E-state index in [1.165, 1.54) is 12.7 Å². The first-order chi connectivity index (χ1) is 12.8. The van der Waals surface area contributed by atoms with Gasteiger partial charge in [-0.2, -0.15) is 0 Å². The van der Waals surface area contributed by atoms with Gasteiger partial charge in [-0.15, -0.1) is 0 Å². The molecule has 2 heterocycles. The van der Waals surface area contributed by atoms with Crippen LogP contribution < -0.4 is 11.3 Å². The first-order valence-corrected chi connectivity index (χ1v) is 7.94. The summed E-state index contributed by atoms with van der Waals surface area (Å²) in [4.78, 5) is 25.6. The molecular weight excluding hydrogens is 326 g/mol. The molecule has 3 N–H and O–H groups in total. The summed E-state index contributed by atoms with van der Waals surface area (Å²) in [7, 11) is 0. The second-order valence-corrected chi connectivity index (χ2v) is 5.35. The molecule has 0 aliphatic heterocycles. The summed E-state index contributed by atoms with van der Waals surface area (Å²) in [6.07, 6.45) is 6.11. The van der Waals surface area contributed by atoms with E-state index >= 15 is 0 Å². The van der Waals surface area contributed by atoms with E-state index in [1.807, 2.05) is 60.7 Å². The van der Waals surface area contributed by atoms with Gasteiger partial charge in [0, 0.05) is 18.0 Å². The number of nitrogens with two attached hydrogens (primary N) is 1. The van der Waals surface area contributed by atoms with Crippen molar-refractivity contribution in [1.82, 2.24) is 19.9 Å². The average Bonchev–Trinajstić information content (AvgIpc) is 2.71. The number of anilines is 1. The number of nitrogens with zero attached hydrogens (tertiary/aromatic N) is 3. The maximum Gasteiger partial charge on any atom is 0.258 e. The van der Waals surface area contributed by atoms with Crippen molar-refractivity contribution in [3.63, 3.8) is 0 Å². The van der Waals surface area contributed by atoms with E-state index in [2.05, 4.69) is 19.9 Å². The first kappa shape index (κ1) is 17.0. The Morgan fingerprint density at radius 2 is 1.35 bits per heavy atom. The van der Waals surface area contributed by atoms with Crippen molar-refractivity contribution in [2.45, 2.75) is 0 Å². The number of hydrogen-bond acceptors (Lipinski definition) is 5. The molecule has 26 heavy (non-hydrogen) atoms. The number of benzene rings is 2. The van der Waals surface area contributed by atoms with Crippen molar-refractivity contribution in [3.05, 3.63) is 96.1 Å². The number of rotatable bonds is 2. The zero-order chi connectivity index (χ0) is 18.2. The van der Waals surface area contributed by atoms with E-state index < -0.39 is 0 Å². The Morgan fingerprint density at radius 3 is 1.92 bits per heavy atom. The summed E-state index contributed by atoms with van der Waals surface area (Å²) in [5.41, 5.74) is 9.00. The van der Waals surface area contributed by atoms with Crippen LogP contribution in [0.5, 0.6) is 0 Å². The van der Waals surface area contributed by atoms with Gasteiger partial charge in [-0.3, -0.25) is 4.79 Å². The van der Waals surface area contributed by atoms with E-state index in [1.54, 1.807) is 12.4 Å². The van der Waals surface area contributed by atoms with E-state index in [4.69, 9.17) is 5.73 Å². The lowest BCUT2D eigenvalue weighted by molar-refractivity contribution is 1.12. The van der Waals surface area contributed by atoms with Crippen LogP contribution in [-0.2, 0) is 0 Å². The van der Waals surface area contributed by atoms with Gasteiger partial charge in [-0.1, -0.05) is 60.7 Å². The number of aromatic nitrogens is 4. The lowest BCUT2D eigenvalue weighted by Gasteiger charge is -2.02. The molecule has 0 aliphatic rings. The second-order valence-electron chi connectivity index (χ2n) is 5.35. The molecule has 0 spiro atoms. The van der Waals surface area contributed by atoms with Crippen LogP contribution in [0, 0.1) is 0 Å². The van der Waals surface area contributed by atoms with Gasteiger partial charge in [-0.25, -0.2) is 15.0 Å². The highest BCUT2D eigenvalue weighted by Gasteiger charge is 2.01. The zero-order valence-corrected chi connectivity index (χ0v) is 13.9. The Labute approximate surface area is 150 Å². The van der Waals surface area contributed by atoms with Gasteiger partial charge in [0.15, 0.2) is 0 Å². The third-order valence-electron chi connectivity index (χ3n) is 3.63. The molecular formula is C20H17N5O. The van der Waals surface area contributed by atoms with Crippen LogP contribution in [0.2, 0.25) is 0 Å². The summed E-state index contributed by atoms with van der Waals surface area (Å²) in [6.45, 7) is 0. The highest BCUT2D eigenvalue weighted by molar-refractivity contribution is 5.72. The monoisotopic (exact) mass is 343 g/mol. The molecule has 128 valence electrons. The SMILES string of the molecule is Nc1ncncc1-c1ccccc1.O=c1[nH]cncc1-c1ccccc1. The molecule has 2 aromatic heterocycles. The number of nitrogen functional groups attached to an aromatic ring is 1. The minimum atomic E-state index is -0.110. The fourth-order valence-electron chi connectivity index (χ4n) is 2.35. The lowest BCUT2D eigenvalue weighted by atomic mass is 10.1.